The van der Waals surface area contributed by atoms with Crippen molar-refractivity contribution in [3.8, 4) is 112 Å². The second-order valence-corrected chi connectivity index (χ2v) is 35.7. The molecular formula is C132H88N6. The maximum absolute atomic E-state index is 2.41. The highest BCUT2D eigenvalue weighted by molar-refractivity contribution is 6.21. The highest BCUT2D eigenvalue weighted by Gasteiger charge is 2.25. The number of aromatic nitrogens is 6. The Bertz CT molecular complexity index is 9510. The first kappa shape index (κ1) is 80.5. The Morgan fingerprint density at radius 1 is 0.0942 bits per heavy atom. The van der Waals surface area contributed by atoms with Gasteiger partial charge in [0.2, 0.25) is 0 Å². The molecule has 138 heavy (non-hydrogen) atoms. The van der Waals surface area contributed by atoms with Gasteiger partial charge in [-0.1, -0.05) is 370 Å². The van der Waals surface area contributed by atoms with Crippen molar-refractivity contribution >= 4 is 131 Å². The van der Waals surface area contributed by atoms with Crippen LogP contribution in [-0.4, -0.2) is 27.4 Å². The van der Waals surface area contributed by atoms with E-state index in [0.29, 0.717) is 0 Å². The van der Waals surface area contributed by atoms with Crippen LogP contribution in [0.5, 0.6) is 0 Å². The van der Waals surface area contributed by atoms with Gasteiger partial charge in [-0.15, -0.1) is 0 Å². The molecule has 28 aromatic rings. The summed E-state index contributed by atoms with van der Waals surface area (Å²) in [6.45, 7) is 0. The Morgan fingerprint density at radius 2 is 0.283 bits per heavy atom. The van der Waals surface area contributed by atoms with Gasteiger partial charge in [0.25, 0.3) is 0 Å². The average Bonchev–Trinajstić information content (AvgIpc) is 1.58. The van der Waals surface area contributed by atoms with Gasteiger partial charge in [-0.2, -0.15) is 0 Å². The van der Waals surface area contributed by atoms with E-state index in [1.165, 1.54) is 220 Å². The molecule has 0 spiro atoms. The van der Waals surface area contributed by atoms with Crippen molar-refractivity contribution in [1.29, 1.82) is 0 Å². The first-order valence-corrected chi connectivity index (χ1v) is 47.4. The normalized spacial score (nSPS) is 11.6. The molecule has 6 heterocycles. The third-order valence-electron chi connectivity index (χ3n) is 28.0. The molecule has 0 fully saturated rings. The monoisotopic (exact) mass is 1760 g/mol. The van der Waals surface area contributed by atoms with Gasteiger partial charge < -0.3 is 27.4 Å². The van der Waals surface area contributed by atoms with E-state index in [1.807, 2.05) is 0 Å². The zero-order valence-corrected chi connectivity index (χ0v) is 75.5. The Hall–Kier alpha value is -18.4. The van der Waals surface area contributed by atoms with E-state index in [4.69, 9.17) is 0 Å². The third kappa shape index (κ3) is 13.8. The smallest absolute Gasteiger partial charge is 0.0547 e. The molecule has 646 valence electrons. The minimum Gasteiger partial charge on any atom is -0.309 e. The van der Waals surface area contributed by atoms with Crippen LogP contribution in [0.4, 0.5) is 0 Å². The molecule has 0 atom stereocenters. The Labute approximate surface area is 798 Å². The molecule has 22 aromatic carbocycles. The SMILES string of the molecule is c1ccc(-c2ccc(-n3c4ccccc4c4c(-c5ccc6c(c5)c5ccccc5n6-c5cccc(-c6ccccc6)c5)cccc43)cc2)cc1.c1ccc(-c2ccc(-n3c4ccccc4c4c(-c5ccc6c(c5)c5ccccc5n6-c5ccccc5)cccc43)cc2)cc1.c1ccc(-c2ccc(-n3c4ccccc4c4cc(-c5cccc6c5c5ccccc5n6-c5ccccc5)ccc43)cc2)cc1. The molecule has 0 saturated heterocycles. The van der Waals surface area contributed by atoms with E-state index < -0.39 is 0 Å². The van der Waals surface area contributed by atoms with Crippen LogP contribution in [0, 0.1) is 0 Å². The number of para-hydroxylation sites is 8. The molecule has 6 nitrogen and oxygen atoms in total. The summed E-state index contributed by atoms with van der Waals surface area (Å²) in [5.41, 5.74) is 38.7. The van der Waals surface area contributed by atoms with Crippen molar-refractivity contribution < 1.29 is 0 Å². The van der Waals surface area contributed by atoms with Gasteiger partial charge in [0.1, 0.15) is 0 Å². The van der Waals surface area contributed by atoms with Crippen molar-refractivity contribution in [2.24, 2.45) is 0 Å². The van der Waals surface area contributed by atoms with Crippen LogP contribution >= 0.6 is 0 Å². The molecule has 28 rings (SSSR count). The summed E-state index contributed by atoms with van der Waals surface area (Å²) in [7, 11) is 0. The molecule has 0 saturated carbocycles. The summed E-state index contributed by atoms with van der Waals surface area (Å²) < 4.78 is 14.4. The number of rotatable bonds is 13. The van der Waals surface area contributed by atoms with Crippen LogP contribution in [-0.2, 0) is 0 Å². The second kappa shape index (κ2) is 34.0. The van der Waals surface area contributed by atoms with Crippen molar-refractivity contribution in [1.82, 2.24) is 27.4 Å². The lowest BCUT2D eigenvalue weighted by Gasteiger charge is -2.11. The quantitative estimate of drug-likeness (QED) is 0.110. The van der Waals surface area contributed by atoms with Gasteiger partial charge in [-0.05, 0) is 242 Å². The summed E-state index contributed by atoms with van der Waals surface area (Å²) in [6.07, 6.45) is 0. The van der Waals surface area contributed by atoms with Gasteiger partial charge in [-0.25, -0.2) is 0 Å². The number of hydrogen-bond donors (Lipinski definition) is 0. The van der Waals surface area contributed by atoms with Gasteiger partial charge in [0.15, 0.2) is 0 Å². The maximum atomic E-state index is 2.41. The first-order chi connectivity index (χ1) is 68.5. The summed E-state index contributed by atoms with van der Waals surface area (Å²) >= 11 is 0. The Morgan fingerprint density at radius 3 is 0.587 bits per heavy atom. The van der Waals surface area contributed by atoms with E-state index >= 15 is 0 Å². The maximum Gasteiger partial charge on any atom is 0.0547 e. The summed E-state index contributed by atoms with van der Waals surface area (Å²) in [4.78, 5) is 0. The molecule has 6 aromatic heterocycles. The largest absolute Gasteiger partial charge is 0.309 e. The summed E-state index contributed by atoms with van der Waals surface area (Å²) in [6, 6.07) is 193. The minimum atomic E-state index is 1.16. The van der Waals surface area contributed by atoms with Gasteiger partial charge in [-0.3, -0.25) is 0 Å². The van der Waals surface area contributed by atoms with E-state index in [9.17, 15) is 0 Å². The van der Waals surface area contributed by atoms with Crippen LogP contribution in [0.3, 0.4) is 0 Å². The topological polar surface area (TPSA) is 29.6 Å². The highest BCUT2D eigenvalue weighted by Crippen LogP contribution is 2.47. The number of hydrogen-bond acceptors (Lipinski definition) is 0. The molecule has 0 radical (unpaired) electrons. The summed E-state index contributed by atoms with van der Waals surface area (Å²) in [5.74, 6) is 0. The lowest BCUT2D eigenvalue weighted by Crippen LogP contribution is -1.94. The van der Waals surface area contributed by atoms with Crippen molar-refractivity contribution in [3.05, 3.63) is 534 Å². The molecule has 6 heteroatoms. The fourth-order valence-electron chi connectivity index (χ4n) is 21.8. The summed E-state index contributed by atoms with van der Waals surface area (Å²) in [5, 5.41) is 15.2. The second-order valence-electron chi connectivity index (χ2n) is 35.7. The minimum absolute atomic E-state index is 1.16. The fraction of sp³-hybridized carbons (Fsp3) is 0. The molecule has 0 bridgehead atoms. The molecule has 0 aliphatic heterocycles. The lowest BCUT2D eigenvalue weighted by molar-refractivity contribution is 1.18. The van der Waals surface area contributed by atoms with Crippen LogP contribution in [0.2, 0.25) is 0 Å². The zero-order valence-electron chi connectivity index (χ0n) is 75.5. The van der Waals surface area contributed by atoms with Crippen LogP contribution in [0.1, 0.15) is 0 Å². The fourth-order valence-corrected chi connectivity index (χ4v) is 21.8. The molecule has 0 aliphatic carbocycles. The van der Waals surface area contributed by atoms with Crippen molar-refractivity contribution in [3.63, 3.8) is 0 Å². The zero-order chi connectivity index (χ0) is 91.1. The molecule has 0 aliphatic rings. The van der Waals surface area contributed by atoms with Crippen LogP contribution in [0.15, 0.2) is 534 Å². The molecule has 0 amide bonds. The van der Waals surface area contributed by atoms with E-state index in [0.717, 1.165) is 22.7 Å². The predicted molar refractivity (Wildman–Crippen MR) is 583 cm³/mol. The van der Waals surface area contributed by atoms with E-state index in [2.05, 4.69) is 561 Å². The Balaban J connectivity index is 0.000000107. The molecule has 0 unspecified atom stereocenters. The van der Waals surface area contributed by atoms with Gasteiger partial charge in [0.05, 0.1) is 66.2 Å². The first-order valence-electron chi connectivity index (χ1n) is 47.4. The van der Waals surface area contributed by atoms with Crippen LogP contribution < -0.4 is 0 Å². The van der Waals surface area contributed by atoms with Crippen LogP contribution in [0.25, 0.3) is 243 Å². The predicted octanol–water partition coefficient (Wildman–Crippen LogP) is 35.3. The van der Waals surface area contributed by atoms with E-state index in [1.54, 1.807) is 0 Å². The highest BCUT2D eigenvalue weighted by atomic mass is 15.0. The number of benzene rings is 22. The number of fused-ring (bicyclic) bond motifs is 18. The molecular weight excluding hydrogens is 1670 g/mol. The van der Waals surface area contributed by atoms with E-state index in [-0.39, 0.29) is 0 Å². The standard InChI is InChI=1S/C48H32N2.2C42H28N2/c1-3-13-33(14-4-1)35-25-28-38(29-26-35)49-45-23-10-8-20-42(45)48-40(21-12-24-47(48)49)37-27-30-46-43(32-37)41-19-7-9-22-44(41)50(46)39-18-11-17-36(31-39)34-15-5-2-6-16-34;1-3-12-29(13-4-1)30-22-25-33(26-23-30)43-38-19-9-7-16-35(38)37-28-31(24-27-40(37)43)34-18-11-21-41-42(34)36-17-8-10-20-39(36)44(41)32-14-5-2-6-15-32;1-3-12-29(13-4-1)30-22-25-33(26-23-30)44-39-20-10-8-17-36(39)42-34(18-11-21-41(42)44)31-24-27-40-37(28-31)35-16-7-9-19-38(35)43(40)32-14-5-2-6-15-32/h1-32H;2*1-28H. The van der Waals surface area contributed by atoms with Crippen molar-refractivity contribution in [2.45, 2.75) is 0 Å². The lowest BCUT2D eigenvalue weighted by atomic mass is 9.98. The average molecular weight is 1760 g/mol. The van der Waals surface area contributed by atoms with Gasteiger partial charge >= 0.3 is 0 Å². The Kier molecular flexibility index (Phi) is 19.9. The number of nitrogens with zero attached hydrogens (tertiary/aromatic N) is 6. The van der Waals surface area contributed by atoms with Crippen molar-refractivity contribution in [2.75, 3.05) is 0 Å². The molecule has 0 N–H and O–H groups in total. The third-order valence-corrected chi connectivity index (χ3v) is 28.0. The van der Waals surface area contributed by atoms with Gasteiger partial charge in [0, 0.05) is 98.8 Å².